The first-order valence-electron chi connectivity index (χ1n) is 22.2. The summed E-state index contributed by atoms with van der Waals surface area (Å²) in [5.41, 5.74) is 4.71. The summed E-state index contributed by atoms with van der Waals surface area (Å²) in [5, 5.41) is 3.76. The summed E-state index contributed by atoms with van der Waals surface area (Å²) < 4.78 is 20.0. The second kappa shape index (κ2) is 15.9. The number of aromatic nitrogens is 2. The van der Waals surface area contributed by atoms with Gasteiger partial charge in [0, 0.05) is 56.1 Å². The van der Waals surface area contributed by atoms with E-state index in [2.05, 4.69) is 38.3 Å². The Balaban J connectivity index is 0.711. The van der Waals surface area contributed by atoms with Gasteiger partial charge in [0.25, 0.3) is 17.4 Å². The Morgan fingerprint density at radius 3 is 2.18 bits per heavy atom. The summed E-state index contributed by atoms with van der Waals surface area (Å²) in [5.74, 6) is 1.20. The number of aryl methyl sites for hydroxylation is 1. The Hall–Kier alpha value is -5.60. The van der Waals surface area contributed by atoms with Gasteiger partial charge in [0.15, 0.2) is 0 Å². The number of likely N-dealkylation sites (tertiary alicyclic amines) is 2. The summed E-state index contributed by atoms with van der Waals surface area (Å²) in [6, 6.07) is 10.3. The lowest BCUT2D eigenvalue weighted by molar-refractivity contribution is -0.136. The molecule has 1 unspecified atom stereocenters. The van der Waals surface area contributed by atoms with Crippen molar-refractivity contribution in [2.24, 2.45) is 18.4 Å². The number of amides is 4. The van der Waals surface area contributed by atoms with Crippen molar-refractivity contribution in [2.45, 2.75) is 88.8 Å². The zero-order valence-electron chi connectivity index (χ0n) is 35.7. The quantitative estimate of drug-likeness (QED) is 0.193. The first-order valence-corrected chi connectivity index (χ1v) is 22.2. The monoisotopic (exact) mass is 842 g/mol. The molecule has 324 valence electrons. The molecule has 4 aromatic rings. The summed E-state index contributed by atoms with van der Waals surface area (Å²) in [6.45, 7) is 6.05. The second-order valence-corrected chi connectivity index (χ2v) is 18.6. The zero-order valence-corrected chi connectivity index (χ0v) is 35.7. The third-order valence-electron chi connectivity index (χ3n) is 14.6. The van der Waals surface area contributed by atoms with Crippen LogP contribution in [0.25, 0.3) is 21.9 Å². The molecule has 4 amide bonds. The van der Waals surface area contributed by atoms with Crippen LogP contribution in [0.15, 0.2) is 53.6 Å². The summed E-state index contributed by atoms with van der Waals surface area (Å²) in [4.78, 5) is 74.3. The highest BCUT2D eigenvalue weighted by atomic mass is 16.5. The van der Waals surface area contributed by atoms with Crippen molar-refractivity contribution >= 4 is 34.4 Å². The molecule has 0 bridgehead atoms. The lowest BCUT2D eigenvalue weighted by Gasteiger charge is -2.52. The van der Waals surface area contributed by atoms with Crippen LogP contribution in [0.5, 0.6) is 17.2 Å². The van der Waals surface area contributed by atoms with Gasteiger partial charge in [-0.3, -0.25) is 44.1 Å². The van der Waals surface area contributed by atoms with Crippen LogP contribution in [0.2, 0.25) is 0 Å². The lowest BCUT2D eigenvalue weighted by Crippen LogP contribution is -2.54. The van der Waals surface area contributed by atoms with Crippen molar-refractivity contribution in [1.29, 1.82) is 0 Å². The molecular formula is C48H54N6O8. The van der Waals surface area contributed by atoms with E-state index < -0.39 is 29.7 Å². The molecule has 10 rings (SSSR count). The first-order chi connectivity index (χ1) is 30.0. The number of benzene rings is 2. The molecule has 2 saturated carbocycles. The molecule has 2 aliphatic carbocycles. The number of hydrogen-bond donors (Lipinski definition) is 1. The topological polar surface area (TPSA) is 153 Å². The lowest BCUT2D eigenvalue weighted by atomic mass is 9.61. The van der Waals surface area contributed by atoms with Gasteiger partial charge in [-0.15, -0.1) is 0 Å². The van der Waals surface area contributed by atoms with Gasteiger partial charge in [-0.05, 0) is 143 Å². The maximum Gasteiger partial charge on any atom is 0.262 e. The van der Waals surface area contributed by atoms with Crippen LogP contribution >= 0.6 is 0 Å². The molecule has 5 fully saturated rings. The fraction of sp³-hybridized carbons (Fsp3) is 0.500. The van der Waals surface area contributed by atoms with Crippen LogP contribution in [0.3, 0.4) is 0 Å². The minimum atomic E-state index is -0.985. The molecular weight excluding hydrogens is 789 g/mol. The minimum absolute atomic E-state index is 0.0563. The maximum absolute atomic E-state index is 13.3. The molecule has 2 aromatic carbocycles. The van der Waals surface area contributed by atoms with Crippen molar-refractivity contribution in [1.82, 2.24) is 29.6 Å². The van der Waals surface area contributed by atoms with Crippen LogP contribution in [0.4, 0.5) is 0 Å². The SMILES string of the molecule is COc1cc(-c2cn(C)c(=O)c3cnc(C4CC4)cc23)cc(OC)c1CN1CCC(CN2CCC3(CC2)CC(Oc2ccc4c(c2)C(=O)N(C2CCC(=O)NC2=O)C4=O)C3)CC1. The average molecular weight is 843 g/mol. The molecule has 4 aliphatic heterocycles. The molecule has 3 saturated heterocycles. The molecule has 6 aliphatic rings. The van der Waals surface area contributed by atoms with Gasteiger partial charge in [0.05, 0.1) is 42.4 Å². The van der Waals surface area contributed by atoms with Crippen LogP contribution in [0, 0.1) is 11.3 Å². The van der Waals surface area contributed by atoms with Crippen molar-refractivity contribution in [3.8, 4) is 28.4 Å². The maximum atomic E-state index is 13.3. The molecule has 6 heterocycles. The van der Waals surface area contributed by atoms with E-state index in [1.165, 1.54) is 0 Å². The number of hydrogen-bond acceptors (Lipinski definition) is 11. The third-order valence-corrected chi connectivity index (χ3v) is 14.6. The summed E-state index contributed by atoms with van der Waals surface area (Å²) >= 11 is 0. The number of fused-ring (bicyclic) bond motifs is 2. The Morgan fingerprint density at radius 2 is 1.50 bits per heavy atom. The van der Waals surface area contributed by atoms with Gasteiger partial charge in [0.2, 0.25) is 11.8 Å². The fourth-order valence-corrected chi connectivity index (χ4v) is 10.7. The van der Waals surface area contributed by atoms with Gasteiger partial charge in [-0.2, -0.15) is 0 Å². The number of nitrogens with zero attached hydrogens (tertiary/aromatic N) is 5. The van der Waals surface area contributed by atoms with E-state index in [0.717, 1.165) is 135 Å². The third kappa shape index (κ3) is 7.44. The zero-order chi connectivity index (χ0) is 42.9. The van der Waals surface area contributed by atoms with E-state index in [-0.39, 0.29) is 41.0 Å². The van der Waals surface area contributed by atoms with Gasteiger partial charge >= 0.3 is 0 Å². The number of pyridine rings is 2. The first kappa shape index (κ1) is 40.5. The van der Waals surface area contributed by atoms with E-state index in [4.69, 9.17) is 14.2 Å². The standard InChI is InChI=1S/C48H54N6O8/c1-51-26-37(34-21-39(29-4-5-29)49-24-36(34)45(51)57)30-18-41(60-2)38(42(19-30)61-3)27-52-14-10-28(11-15-52)25-53-16-12-48(13-17-53)22-32(23-48)62-31-6-7-33-35(20-31)47(59)54(46(33)58)40-8-9-43(55)50-44(40)56/h6-7,18-21,24,26,28-29,32,40H,4-5,8-17,22-23,25,27H2,1-3H3,(H,50,55,56). The van der Waals surface area contributed by atoms with Gasteiger partial charge < -0.3 is 23.7 Å². The molecule has 2 aromatic heterocycles. The van der Waals surface area contributed by atoms with Crippen LogP contribution in [-0.2, 0) is 23.2 Å². The van der Waals surface area contributed by atoms with Crippen molar-refractivity contribution in [3.05, 3.63) is 81.5 Å². The predicted molar refractivity (Wildman–Crippen MR) is 230 cm³/mol. The number of ether oxygens (including phenoxy) is 3. The Morgan fingerprint density at radius 1 is 0.790 bits per heavy atom. The smallest absolute Gasteiger partial charge is 0.262 e. The van der Waals surface area contributed by atoms with E-state index in [1.807, 2.05) is 6.20 Å². The van der Waals surface area contributed by atoms with Crippen LogP contribution in [-0.4, -0.2) is 107 Å². The highest BCUT2D eigenvalue weighted by Crippen LogP contribution is 2.51. The number of nitrogens with one attached hydrogen (secondary N) is 1. The highest BCUT2D eigenvalue weighted by Gasteiger charge is 2.48. The normalized spacial score (nSPS) is 22.2. The van der Waals surface area contributed by atoms with Gasteiger partial charge in [-0.25, -0.2) is 0 Å². The molecule has 0 radical (unpaired) electrons. The van der Waals surface area contributed by atoms with Crippen molar-refractivity contribution in [3.63, 3.8) is 0 Å². The fourth-order valence-electron chi connectivity index (χ4n) is 10.7. The van der Waals surface area contributed by atoms with Crippen molar-refractivity contribution in [2.75, 3.05) is 46.9 Å². The molecule has 1 spiro atoms. The highest BCUT2D eigenvalue weighted by molar-refractivity contribution is 6.23. The number of piperidine rings is 3. The molecule has 1 atom stereocenters. The second-order valence-electron chi connectivity index (χ2n) is 18.6. The Kier molecular flexibility index (Phi) is 10.4. The van der Waals surface area contributed by atoms with E-state index in [0.29, 0.717) is 23.0 Å². The minimum Gasteiger partial charge on any atom is -0.496 e. The number of imide groups is 2. The number of rotatable bonds is 11. The number of carbonyl (C=O) groups excluding carboxylic acids is 4. The Labute approximate surface area is 360 Å². The number of carbonyl (C=O) groups is 4. The van der Waals surface area contributed by atoms with Crippen molar-refractivity contribution < 1.29 is 33.4 Å². The molecule has 1 N–H and O–H groups in total. The molecule has 14 nitrogen and oxygen atoms in total. The van der Waals surface area contributed by atoms with E-state index >= 15 is 0 Å². The Bertz CT molecular complexity index is 2520. The van der Waals surface area contributed by atoms with Crippen LogP contribution < -0.4 is 25.1 Å². The average Bonchev–Trinajstić information content (AvgIpc) is 4.09. The van der Waals surface area contributed by atoms with E-state index in [9.17, 15) is 24.0 Å². The molecule has 62 heavy (non-hydrogen) atoms. The molecule has 14 heteroatoms. The van der Waals surface area contributed by atoms with Gasteiger partial charge in [0.1, 0.15) is 23.3 Å². The predicted octanol–water partition coefficient (Wildman–Crippen LogP) is 5.43. The van der Waals surface area contributed by atoms with Gasteiger partial charge in [-0.1, -0.05) is 0 Å². The van der Waals surface area contributed by atoms with Crippen LogP contribution in [0.1, 0.15) is 102 Å². The number of methoxy groups -OCH3 is 2. The summed E-state index contributed by atoms with van der Waals surface area (Å²) in [7, 11) is 5.21. The largest absolute Gasteiger partial charge is 0.496 e. The summed E-state index contributed by atoms with van der Waals surface area (Å²) in [6.07, 6.45) is 12.7. The van der Waals surface area contributed by atoms with E-state index in [1.54, 1.807) is 50.2 Å².